The van der Waals surface area contributed by atoms with Gasteiger partial charge in [0.2, 0.25) is 5.91 Å². The number of halogens is 2. The van der Waals surface area contributed by atoms with Crippen molar-refractivity contribution in [3.05, 3.63) is 58.9 Å². The summed E-state index contributed by atoms with van der Waals surface area (Å²) in [5.74, 6) is -0.222. The third-order valence-corrected chi connectivity index (χ3v) is 6.99. The van der Waals surface area contributed by atoms with E-state index in [1.807, 2.05) is 18.2 Å². The molecule has 1 saturated heterocycles. The number of amides is 1. The van der Waals surface area contributed by atoms with Gasteiger partial charge in [0.25, 0.3) is 0 Å². The van der Waals surface area contributed by atoms with Gasteiger partial charge < -0.3 is 10.2 Å². The number of anilines is 2. The van der Waals surface area contributed by atoms with Crippen LogP contribution in [0.2, 0.25) is 5.02 Å². The Morgan fingerprint density at radius 2 is 1.87 bits per heavy atom. The number of hydrogen-bond donors (Lipinski definition) is 1. The Balaban J connectivity index is 1.26. The molecule has 1 N–H and O–H groups in total. The predicted molar refractivity (Wildman–Crippen MR) is 121 cm³/mol. The maximum Gasteiger partial charge on any atom is 0.235 e. The first-order valence-corrected chi connectivity index (χ1v) is 11.2. The van der Waals surface area contributed by atoms with Crippen molar-refractivity contribution in [1.82, 2.24) is 4.90 Å². The molecule has 1 atom stereocenters. The van der Waals surface area contributed by atoms with Crippen molar-refractivity contribution in [2.24, 2.45) is 0 Å². The number of rotatable bonds is 7. The van der Waals surface area contributed by atoms with E-state index in [-0.39, 0.29) is 22.2 Å². The summed E-state index contributed by atoms with van der Waals surface area (Å²) in [6, 6.07) is 13.0. The summed E-state index contributed by atoms with van der Waals surface area (Å²) >= 11 is 5.92. The second-order valence-electron chi connectivity index (χ2n) is 8.32. The van der Waals surface area contributed by atoms with E-state index in [1.165, 1.54) is 6.07 Å². The molecular weight excluding hydrogens is 401 g/mol. The lowest BCUT2D eigenvalue weighted by Crippen LogP contribution is -2.46. The quantitative estimate of drug-likeness (QED) is 0.624. The van der Waals surface area contributed by atoms with E-state index >= 15 is 0 Å². The third-order valence-electron chi connectivity index (χ3n) is 6.70. The van der Waals surface area contributed by atoms with Gasteiger partial charge in [-0.25, -0.2) is 4.39 Å². The fourth-order valence-electron chi connectivity index (χ4n) is 4.82. The molecule has 0 spiro atoms. The summed E-state index contributed by atoms with van der Waals surface area (Å²) in [6.07, 6.45) is 3.83. The Bertz CT molecular complexity index is 913. The largest absolute Gasteiger partial charge is 0.369 e. The number of fused-ring (bicyclic) bond motifs is 1. The highest BCUT2D eigenvalue weighted by atomic mass is 35.5. The predicted octanol–water partition coefficient (Wildman–Crippen LogP) is 5.07. The molecule has 2 aliphatic rings. The molecule has 4 nitrogen and oxygen atoms in total. The summed E-state index contributed by atoms with van der Waals surface area (Å²) in [5, 5.41) is 3.25. The molecular formula is C24H29ClFN3O. The topological polar surface area (TPSA) is 35.6 Å². The molecule has 2 heterocycles. The van der Waals surface area contributed by atoms with Crippen LogP contribution in [0.1, 0.15) is 38.2 Å². The van der Waals surface area contributed by atoms with Gasteiger partial charge in [-0.1, -0.05) is 43.1 Å². The van der Waals surface area contributed by atoms with Gasteiger partial charge in [-0.15, -0.1) is 0 Å². The molecule has 4 rings (SSSR count). The first-order chi connectivity index (χ1) is 14.5. The molecule has 0 radical (unpaired) electrons. The molecule has 2 aromatic rings. The Kier molecular flexibility index (Phi) is 6.30. The molecule has 0 bridgehead atoms. The maximum absolute atomic E-state index is 13.4. The minimum atomic E-state index is -0.378. The smallest absolute Gasteiger partial charge is 0.235 e. The summed E-state index contributed by atoms with van der Waals surface area (Å²) in [4.78, 5) is 17.5. The van der Waals surface area contributed by atoms with Gasteiger partial charge in [-0.3, -0.25) is 9.69 Å². The average molecular weight is 430 g/mol. The lowest BCUT2D eigenvalue weighted by Gasteiger charge is -2.36. The summed E-state index contributed by atoms with van der Waals surface area (Å²) < 4.78 is 13.4. The number of nitrogens with one attached hydrogen (secondary N) is 1. The van der Waals surface area contributed by atoms with Crippen LogP contribution in [0.15, 0.2) is 42.5 Å². The Morgan fingerprint density at radius 3 is 2.60 bits per heavy atom. The van der Waals surface area contributed by atoms with Crippen LogP contribution in [0.5, 0.6) is 0 Å². The number of piperazine rings is 1. The van der Waals surface area contributed by atoms with E-state index < -0.39 is 0 Å². The van der Waals surface area contributed by atoms with Gasteiger partial charge in [0.15, 0.2) is 0 Å². The van der Waals surface area contributed by atoms with Gasteiger partial charge in [-0.05, 0) is 55.6 Å². The summed E-state index contributed by atoms with van der Waals surface area (Å²) in [5.41, 5.74) is 2.74. The third kappa shape index (κ3) is 4.06. The standard InChI is InChI=1S/C24H29ClFN3O/c1-2-24(19-7-3-4-8-22(19)27-23(24)30)11-5-6-12-28-13-15-29(16-14-28)18-9-10-21(26)20(25)17-18/h3-4,7-10,17H,2,5-6,11-16H2,1H3,(H,27,30). The second-order valence-corrected chi connectivity index (χ2v) is 8.73. The average Bonchev–Trinajstić information content (AvgIpc) is 3.05. The van der Waals surface area contributed by atoms with Crippen molar-refractivity contribution in [3.8, 4) is 0 Å². The molecule has 0 aromatic heterocycles. The van der Waals surface area contributed by atoms with Crippen molar-refractivity contribution >= 4 is 28.9 Å². The van der Waals surface area contributed by atoms with Crippen LogP contribution in [0.25, 0.3) is 0 Å². The molecule has 2 aromatic carbocycles. The maximum atomic E-state index is 13.4. The van der Waals surface area contributed by atoms with Crippen LogP contribution >= 0.6 is 11.6 Å². The van der Waals surface area contributed by atoms with Crippen LogP contribution in [0.4, 0.5) is 15.8 Å². The molecule has 2 aliphatic heterocycles. The fraction of sp³-hybridized carbons (Fsp3) is 0.458. The van der Waals surface area contributed by atoms with Gasteiger partial charge in [0.05, 0.1) is 10.4 Å². The Hall–Kier alpha value is -2.11. The molecule has 0 aliphatic carbocycles. The lowest BCUT2D eigenvalue weighted by atomic mass is 9.75. The zero-order valence-electron chi connectivity index (χ0n) is 17.5. The van der Waals surface area contributed by atoms with Crippen LogP contribution < -0.4 is 10.2 Å². The fourth-order valence-corrected chi connectivity index (χ4v) is 5.00. The molecule has 6 heteroatoms. The van der Waals surface area contributed by atoms with Crippen molar-refractivity contribution in [1.29, 1.82) is 0 Å². The number of carbonyl (C=O) groups excluding carboxylic acids is 1. The highest BCUT2D eigenvalue weighted by Gasteiger charge is 2.44. The van der Waals surface area contributed by atoms with Crippen LogP contribution in [0.3, 0.4) is 0 Å². The zero-order chi connectivity index (χ0) is 21.1. The molecule has 160 valence electrons. The number of para-hydroxylation sites is 1. The summed E-state index contributed by atoms with van der Waals surface area (Å²) in [7, 11) is 0. The van der Waals surface area contributed by atoms with E-state index in [0.29, 0.717) is 0 Å². The van der Waals surface area contributed by atoms with E-state index in [4.69, 9.17) is 11.6 Å². The molecule has 1 fully saturated rings. The highest BCUT2D eigenvalue weighted by molar-refractivity contribution is 6.31. The molecule has 30 heavy (non-hydrogen) atoms. The van der Waals surface area contributed by atoms with Crippen molar-refractivity contribution in [3.63, 3.8) is 0 Å². The first-order valence-electron chi connectivity index (χ1n) is 10.9. The molecule has 0 saturated carbocycles. The number of unbranched alkanes of at least 4 members (excludes halogenated alkanes) is 1. The van der Waals surface area contributed by atoms with E-state index in [9.17, 15) is 9.18 Å². The molecule has 1 unspecified atom stereocenters. The van der Waals surface area contributed by atoms with Crippen molar-refractivity contribution < 1.29 is 9.18 Å². The lowest BCUT2D eigenvalue weighted by molar-refractivity contribution is -0.121. The van der Waals surface area contributed by atoms with Gasteiger partial charge in [-0.2, -0.15) is 0 Å². The van der Waals surface area contributed by atoms with Crippen LogP contribution in [-0.4, -0.2) is 43.5 Å². The molecule has 1 amide bonds. The van der Waals surface area contributed by atoms with E-state index in [0.717, 1.165) is 75.3 Å². The monoisotopic (exact) mass is 429 g/mol. The zero-order valence-corrected chi connectivity index (χ0v) is 18.2. The van der Waals surface area contributed by atoms with E-state index in [2.05, 4.69) is 28.1 Å². The number of hydrogen-bond acceptors (Lipinski definition) is 3. The number of nitrogens with zero attached hydrogens (tertiary/aromatic N) is 2. The summed E-state index contributed by atoms with van der Waals surface area (Å²) in [6.45, 7) is 6.95. The minimum Gasteiger partial charge on any atom is -0.369 e. The SMILES string of the molecule is CCC1(CCCCN2CCN(c3ccc(F)c(Cl)c3)CC2)C(=O)Nc2ccccc21. The van der Waals surface area contributed by atoms with Gasteiger partial charge in [0, 0.05) is 37.6 Å². The van der Waals surface area contributed by atoms with Crippen molar-refractivity contribution in [2.45, 2.75) is 38.0 Å². The Labute approximate surface area is 183 Å². The van der Waals surface area contributed by atoms with Gasteiger partial charge in [0.1, 0.15) is 5.82 Å². The second kappa shape index (κ2) is 8.94. The number of benzene rings is 2. The highest BCUT2D eigenvalue weighted by Crippen LogP contribution is 2.43. The first kappa shape index (κ1) is 21.1. The minimum absolute atomic E-state index is 0.151. The number of carbonyl (C=O) groups is 1. The van der Waals surface area contributed by atoms with Crippen LogP contribution in [-0.2, 0) is 10.2 Å². The Morgan fingerprint density at radius 1 is 1.10 bits per heavy atom. The van der Waals surface area contributed by atoms with Crippen LogP contribution in [0, 0.1) is 5.82 Å². The van der Waals surface area contributed by atoms with Gasteiger partial charge >= 0.3 is 0 Å². The normalized spacial score (nSPS) is 21.6. The van der Waals surface area contributed by atoms with E-state index in [1.54, 1.807) is 12.1 Å². The van der Waals surface area contributed by atoms with Crippen molar-refractivity contribution in [2.75, 3.05) is 42.9 Å².